The second-order valence-corrected chi connectivity index (χ2v) is 10.7. The summed E-state index contributed by atoms with van der Waals surface area (Å²) in [5.41, 5.74) is 2.96. The van der Waals surface area contributed by atoms with Gasteiger partial charge in [-0.05, 0) is 61.7 Å². The number of nitrogens with zero attached hydrogens (tertiary/aromatic N) is 4. The normalized spacial score (nSPS) is 14.3. The van der Waals surface area contributed by atoms with Gasteiger partial charge in [0.25, 0.3) is 0 Å². The first-order chi connectivity index (χ1) is 18.3. The van der Waals surface area contributed by atoms with Crippen molar-refractivity contribution >= 4 is 49.9 Å². The van der Waals surface area contributed by atoms with Crippen molar-refractivity contribution < 1.29 is 17.5 Å². The number of nitrogens with one attached hydrogen (secondary N) is 4. The van der Waals surface area contributed by atoms with Crippen LogP contribution in [0.1, 0.15) is 24.3 Å². The summed E-state index contributed by atoms with van der Waals surface area (Å²) in [4.78, 5) is 16.8. The van der Waals surface area contributed by atoms with E-state index in [2.05, 4.69) is 40.6 Å². The number of aromatic nitrogens is 4. The zero-order chi connectivity index (χ0) is 26.7. The monoisotopic (exact) mass is 538 g/mol. The van der Waals surface area contributed by atoms with Crippen molar-refractivity contribution in [2.24, 2.45) is 0 Å². The predicted molar refractivity (Wildman–Crippen MR) is 144 cm³/mol. The van der Waals surface area contributed by atoms with Crippen LogP contribution in [-0.2, 0) is 10.0 Å². The molecule has 0 unspecified atom stereocenters. The Morgan fingerprint density at radius 3 is 2.55 bits per heavy atom. The minimum Gasteiger partial charge on any atom is -0.495 e. The molecule has 13 heteroatoms. The van der Waals surface area contributed by atoms with E-state index in [4.69, 9.17) is 4.74 Å². The highest BCUT2D eigenvalue weighted by Gasteiger charge is 2.19. The molecule has 0 atom stereocenters. The van der Waals surface area contributed by atoms with Crippen molar-refractivity contribution in [1.82, 2.24) is 25.3 Å². The van der Waals surface area contributed by atoms with Crippen LogP contribution in [0.25, 0.3) is 11.0 Å². The van der Waals surface area contributed by atoms with E-state index in [0.717, 1.165) is 38.4 Å². The molecule has 0 saturated carbocycles. The minimum atomic E-state index is -3.68. The van der Waals surface area contributed by atoms with Gasteiger partial charge in [0.05, 0.1) is 42.1 Å². The first-order valence-corrected chi connectivity index (χ1v) is 13.9. The van der Waals surface area contributed by atoms with Gasteiger partial charge in [0, 0.05) is 12.4 Å². The maximum Gasteiger partial charge on any atom is 0.229 e. The summed E-state index contributed by atoms with van der Waals surface area (Å²) in [6, 6.07) is 9.15. The molecule has 1 fully saturated rings. The van der Waals surface area contributed by atoms with Crippen LogP contribution in [0.5, 0.6) is 5.75 Å². The molecule has 0 amide bonds. The lowest BCUT2D eigenvalue weighted by atomic mass is 9.90. The fourth-order valence-corrected chi connectivity index (χ4v) is 4.99. The molecular weight excluding hydrogens is 511 g/mol. The molecule has 11 nitrogen and oxygen atoms in total. The Kier molecular flexibility index (Phi) is 7.20. The molecule has 2 aromatic carbocycles. The lowest BCUT2D eigenvalue weighted by Crippen LogP contribution is -2.26. The smallest absolute Gasteiger partial charge is 0.229 e. The summed E-state index contributed by atoms with van der Waals surface area (Å²) < 4.78 is 46.9. The number of halogens is 1. The van der Waals surface area contributed by atoms with Crippen LogP contribution in [0.15, 0.2) is 48.9 Å². The van der Waals surface area contributed by atoms with E-state index in [0.29, 0.717) is 28.4 Å². The van der Waals surface area contributed by atoms with E-state index >= 15 is 0 Å². The second kappa shape index (κ2) is 10.7. The largest absolute Gasteiger partial charge is 0.495 e. The Morgan fingerprint density at radius 2 is 1.79 bits per heavy atom. The molecule has 1 saturated heterocycles. The van der Waals surface area contributed by atoms with E-state index in [9.17, 15) is 12.8 Å². The number of benzene rings is 2. The number of rotatable bonds is 8. The summed E-state index contributed by atoms with van der Waals surface area (Å²) >= 11 is 0. The van der Waals surface area contributed by atoms with Gasteiger partial charge in [-0.25, -0.2) is 17.8 Å². The Morgan fingerprint density at radius 1 is 1.03 bits per heavy atom. The third kappa shape index (κ3) is 5.73. The molecule has 0 aliphatic carbocycles. The van der Waals surface area contributed by atoms with Gasteiger partial charge in [0.2, 0.25) is 16.0 Å². The molecule has 1 aliphatic heterocycles. The lowest BCUT2D eigenvalue weighted by Gasteiger charge is -2.24. The third-order valence-electron chi connectivity index (χ3n) is 6.21. The summed E-state index contributed by atoms with van der Waals surface area (Å²) in [5, 5.41) is 9.32. The molecule has 0 spiro atoms. The third-order valence-corrected chi connectivity index (χ3v) is 6.78. The highest BCUT2D eigenvalue weighted by molar-refractivity contribution is 7.92. The number of ether oxygens (including phenoxy) is 1. The van der Waals surface area contributed by atoms with Crippen molar-refractivity contribution in [3.63, 3.8) is 0 Å². The summed E-state index contributed by atoms with van der Waals surface area (Å²) in [6.45, 7) is 1.97. The number of hydrogen-bond acceptors (Lipinski definition) is 10. The van der Waals surface area contributed by atoms with Crippen LogP contribution in [0.2, 0.25) is 0 Å². The summed E-state index contributed by atoms with van der Waals surface area (Å²) in [5.74, 6) is 0.315. The van der Waals surface area contributed by atoms with Crippen molar-refractivity contribution in [2.45, 2.75) is 18.8 Å². The molecule has 5 rings (SSSR count). The van der Waals surface area contributed by atoms with Crippen molar-refractivity contribution in [3.05, 3.63) is 60.3 Å². The van der Waals surface area contributed by atoms with Crippen LogP contribution >= 0.6 is 0 Å². The number of piperidine rings is 1. The average molecular weight is 539 g/mol. The van der Waals surface area contributed by atoms with Crippen LogP contribution in [0, 0.1) is 5.82 Å². The van der Waals surface area contributed by atoms with Crippen LogP contribution in [0.4, 0.5) is 33.2 Å². The maximum atomic E-state index is 14.8. The topological polar surface area (TPSA) is 143 Å². The summed E-state index contributed by atoms with van der Waals surface area (Å²) in [7, 11) is -2.09. The Hall–Kier alpha value is -4.10. The molecule has 198 valence electrons. The van der Waals surface area contributed by atoms with Gasteiger partial charge >= 0.3 is 0 Å². The number of fused-ring (bicyclic) bond motifs is 1. The Balaban J connectivity index is 1.44. The lowest BCUT2D eigenvalue weighted by molar-refractivity contribution is 0.413. The first kappa shape index (κ1) is 25.5. The number of anilines is 5. The van der Waals surface area contributed by atoms with Gasteiger partial charge in [-0.3, -0.25) is 14.7 Å². The zero-order valence-electron chi connectivity index (χ0n) is 20.8. The molecule has 4 aromatic rings. The molecule has 38 heavy (non-hydrogen) atoms. The molecular formula is C25H27FN8O3S. The average Bonchev–Trinajstić information content (AvgIpc) is 2.92. The number of sulfonamides is 1. The fraction of sp³-hybridized carbons (Fsp3) is 0.280. The van der Waals surface area contributed by atoms with E-state index in [-0.39, 0.29) is 23.1 Å². The number of hydrogen-bond donors (Lipinski definition) is 4. The Bertz CT molecular complexity index is 1580. The van der Waals surface area contributed by atoms with E-state index in [1.807, 2.05) is 18.2 Å². The first-order valence-electron chi connectivity index (χ1n) is 12.0. The standard InChI is InChI=1S/C25H27FN8O3S/c1-37-21-13-16(15-7-9-27-10-8-15)3-4-18(21)32-25-30-14-17(26)24(33-25)31-20-6-5-19-22(29-12-11-28-19)23(20)34-38(2,35)36/h3-6,11-15,27,34H,7-10H2,1-2H3,(H2,30,31,32,33). The van der Waals surface area contributed by atoms with Gasteiger partial charge in [-0.1, -0.05) is 6.07 Å². The quantitative estimate of drug-likeness (QED) is 0.261. The van der Waals surface area contributed by atoms with Crippen molar-refractivity contribution in [3.8, 4) is 5.75 Å². The van der Waals surface area contributed by atoms with Crippen LogP contribution in [0.3, 0.4) is 0 Å². The minimum absolute atomic E-state index is 0.125. The highest BCUT2D eigenvalue weighted by atomic mass is 32.2. The van der Waals surface area contributed by atoms with Crippen molar-refractivity contribution in [2.75, 3.05) is 41.8 Å². The Labute approximate surface area is 219 Å². The van der Waals surface area contributed by atoms with Gasteiger partial charge in [-0.15, -0.1) is 0 Å². The highest BCUT2D eigenvalue weighted by Crippen LogP contribution is 2.35. The second-order valence-electron chi connectivity index (χ2n) is 8.91. The van der Waals surface area contributed by atoms with E-state index < -0.39 is 15.8 Å². The van der Waals surface area contributed by atoms with E-state index in [1.165, 1.54) is 18.0 Å². The van der Waals surface area contributed by atoms with Gasteiger partial charge in [0.15, 0.2) is 11.6 Å². The molecule has 2 aromatic heterocycles. The predicted octanol–water partition coefficient (Wildman–Crippen LogP) is 3.89. The number of methoxy groups -OCH3 is 1. The maximum absolute atomic E-state index is 14.8. The molecule has 3 heterocycles. The molecule has 0 radical (unpaired) electrons. The van der Waals surface area contributed by atoms with Gasteiger partial charge < -0.3 is 20.7 Å². The van der Waals surface area contributed by atoms with Gasteiger partial charge in [0.1, 0.15) is 11.3 Å². The molecule has 1 aliphatic rings. The summed E-state index contributed by atoms with van der Waals surface area (Å²) in [6.07, 6.45) is 7.10. The van der Waals surface area contributed by atoms with Crippen LogP contribution in [-0.4, -0.2) is 54.8 Å². The molecule has 0 bridgehead atoms. The van der Waals surface area contributed by atoms with Crippen molar-refractivity contribution in [1.29, 1.82) is 0 Å². The van der Waals surface area contributed by atoms with E-state index in [1.54, 1.807) is 19.2 Å². The van der Waals surface area contributed by atoms with Gasteiger partial charge in [-0.2, -0.15) is 4.98 Å². The van der Waals surface area contributed by atoms with Crippen LogP contribution < -0.4 is 25.4 Å². The fourth-order valence-electron chi connectivity index (χ4n) is 4.41. The SMILES string of the molecule is COc1cc(C2CCNCC2)ccc1Nc1ncc(F)c(Nc2ccc3nccnc3c2NS(C)(=O)=O)n1. The molecule has 4 N–H and O–H groups in total. The zero-order valence-corrected chi connectivity index (χ0v) is 21.6.